The number of hydrogen-bond donors (Lipinski definition) is 1. The van der Waals surface area contributed by atoms with Gasteiger partial charge >= 0.3 is 0 Å². The van der Waals surface area contributed by atoms with Gasteiger partial charge in [0, 0.05) is 13.6 Å². The second-order valence-corrected chi connectivity index (χ2v) is 5.33. The Morgan fingerprint density at radius 2 is 1.87 bits per heavy atom. The fourth-order valence-corrected chi connectivity index (χ4v) is 2.44. The Bertz CT molecular complexity index is 389. The Labute approximate surface area is 90.8 Å². The van der Waals surface area contributed by atoms with E-state index < -0.39 is 10.0 Å². The van der Waals surface area contributed by atoms with Crippen molar-refractivity contribution in [2.24, 2.45) is 5.73 Å². The molecule has 0 spiro atoms. The average molecular weight is 228 g/mol. The van der Waals surface area contributed by atoms with Crippen LogP contribution >= 0.6 is 0 Å². The van der Waals surface area contributed by atoms with Gasteiger partial charge in [-0.15, -0.1) is 0 Å². The molecule has 0 aliphatic rings. The van der Waals surface area contributed by atoms with Gasteiger partial charge in [-0.05, 0) is 25.1 Å². The summed E-state index contributed by atoms with van der Waals surface area (Å²) in [5.41, 5.74) is 5.34. The van der Waals surface area contributed by atoms with E-state index in [0.717, 1.165) is 0 Å². The molecule has 15 heavy (non-hydrogen) atoms. The van der Waals surface area contributed by atoms with E-state index in [4.69, 9.17) is 5.73 Å². The molecule has 0 saturated carbocycles. The molecule has 0 fully saturated rings. The molecule has 0 aliphatic carbocycles. The van der Waals surface area contributed by atoms with E-state index in [1.54, 1.807) is 37.4 Å². The molecule has 0 atom stereocenters. The summed E-state index contributed by atoms with van der Waals surface area (Å²) in [4.78, 5) is 0.324. The highest BCUT2D eigenvalue weighted by molar-refractivity contribution is 7.89. The third-order valence-corrected chi connectivity index (χ3v) is 4.00. The van der Waals surface area contributed by atoms with Gasteiger partial charge in [0.2, 0.25) is 10.0 Å². The van der Waals surface area contributed by atoms with Crippen LogP contribution in [-0.2, 0) is 10.0 Å². The third kappa shape index (κ3) is 3.02. The zero-order valence-electron chi connectivity index (χ0n) is 8.76. The predicted molar refractivity (Wildman–Crippen MR) is 59.9 cm³/mol. The van der Waals surface area contributed by atoms with Crippen molar-refractivity contribution in [1.29, 1.82) is 0 Å². The van der Waals surface area contributed by atoms with Crippen LogP contribution in [0.25, 0.3) is 0 Å². The molecule has 0 heterocycles. The molecule has 0 saturated heterocycles. The second-order valence-electron chi connectivity index (χ2n) is 3.28. The Morgan fingerprint density at radius 1 is 1.27 bits per heavy atom. The van der Waals surface area contributed by atoms with Crippen LogP contribution in [-0.4, -0.2) is 32.9 Å². The first-order valence-corrected chi connectivity index (χ1v) is 6.24. The van der Waals surface area contributed by atoms with Crippen molar-refractivity contribution < 1.29 is 8.42 Å². The lowest BCUT2D eigenvalue weighted by Gasteiger charge is -2.16. The molecule has 0 unspecified atom stereocenters. The van der Waals surface area contributed by atoms with Gasteiger partial charge in [-0.25, -0.2) is 12.7 Å². The molecule has 5 heteroatoms. The Kier molecular flexibility index (Phi) is 4.26. The number of rotatable bonds is 5. The molecule has 0 aliphatic heterocycles. The molecular weight excluding hydrogens is 212 g/mol. The highest BCUT2D eigenvalue weighted by Gasteiger charge is 2.19. The Morgan fingerprint density at radius 3 is 2.40 bits per heavy atom. The normalized spacial score (nSPS) is 11.9. The number of sulfonamides is 1. The SMILES string of the molecule is CN(CCCN)S(=O)(=O)c1ccccc1. The molecule has 1 aromatic rings. The minimum absolute atomic E-state index is 0.324. The lowest BCUT2D eigenvalue weighted by Crippen LogP contribution is -2.29. The van der Waals surface area contributed by atoms with Crippen LogP contribution in [0.3, 0.4) is 0 Å². The predicted octanol–water partition coefficient (Wildman–Crippen LogP) is 0.656. The van der Waals surface area contributed by atoms with Crippen LogP contribution in [0.15, 0.2) is 35.2 Å². The molecule has 1 aromatic carbocycles. The summed E-state index contributed by atoms with van der Waals surface area (Å²) in [5.74, 6) is 0. The van der Waals surface area contributed by atoms with Crippen molar-refractivity contribution in [3.8, 4) is 0 Å². The van der Waals surface area contributed by atoms with Crippen molar-refractivity contribution in [3.63, 3.8) is 0 Å². The highest BCUT2D eigenvalue weighted by Crippen LogP contribution is 2.13. The van der Waals surface area contributed by atoms with E-state index >= 15 is 0 Å². The number of nitrogens with zero attached hydrogens (tertiary/aromatic N) is 1. The van der Waals surface area contributed by atoms with Crippen molar-refractivity contribution in [1.82, 2.24) is 4.31 Å². The molecule has 0 amide bonds. The van der Waals surface area contributed by atoms with Crippen LogP contribution in [0.4, 0.5) is 0 Å². The fraction of sp³-hybridized carbons (Fsp3) is 0.400. The van der Waals surface area contributed by atoms with Gasteiger partial charge in [-0.2, -0.15) is 0 Å². The number of hydrogen-bond acceptors (Lipinski definition) is 3. The minimum Gasteiger partial charge on any atom is -0.330 e. The van der Waals surface area contributed by atoms with Crippen LogP contribution in [0, 0.1) is 0 Å². The van der Waals surface area contributed by atoms with Crippen LogP contribution < -0.4 is 5.73 Å². The summed E-state index contributed by atoms with van der Waals surface area (Å²) in [6.45, 7) is 0.947. The number of nitrogens with two attached hydrogens (primary N) is 1. The van der Waals surface area contributed by atoms with Gasteiger partial charge in [0.25, 0.3) is 0 Å². The van der Waals surface area contributed by atoms with Gasteiger partial charge in [0.05, 0.1) is 4.90 Å². The lowest BCUT2D eigenvalue weighted by molar-refractivity contribution is 0.463. The van der Waals surface area contributed by atoms with Crippen molar-refractivity contribution >= 4 is 10.0 Å². The smallest absolute Gasteiger partial charge is 0.242 e. The highest BCUT2D eigenvalue weighted by atomic mass is 32.2. The molecule has 1 rings (SSSR count). The lowest BCUT2D eigenvalue weighted by atomic mass is 10.4. The topological polar surface area (TPSA) is 63.4 Å². The summed E-state index contributed by atoms with van der Waals surface area (Å²) in [6.07, 6.45) is 0.669. The van der Waals surface area contributed by atoms with Crippen molar-refractivity contribution in [3.05, 3.63) is 30.3 Å². The van der Waals surface area contributed by atoms with Crippen LogP contribution in [0.1, 0.15) is 6.42 Å². The molecule has 2 N–H and O–H groups in total. The molecule has 4 nitrogen and oxygen atoms in total. The van der Waals surface area contributed by atoms with Gasteiger partial charge in [-0.3, -0.25) is 0 Å². The first-order valence-electron chi connectivity index (χ1n) is 4.80. The Balaban J connectivity index is 2.84. The zero-order chi connectivity index (χ0) is 11.3. The molecular formula is C10H16N2O2S. The molecule has 84 valence electrons. The maximum Gasteiger partial charge on any atom is 0.242 e. The second kappa shape index (κ2) is 5.25. The average Bonchev–Trinajstić information content (AvgIpc) is 2.27. The van der Waals surface area contributed by atoms with E-state index in [2.05, 4.69) is 0 Å². The standard InChI is InChI=1S/C10H16N2O2S/c1-12(9-5-8-11)15(13,14)10-6-3-2-4-7-10/h2-4,6-7H,5,8-9,11H2,1H3. The summed E-state index contributed by atoms with van der Waals surface area (Å²) in [5, 5.41) is 0. The number of benzene rings is 1. The summed E-state index contributed by atoms with van der Waals surface area (Å²) in [6, 6.07) is 8.40. The van der Waals surface area contributed by atoms with E-state index in [1.807, 2.05) is 0 Å². The van der Waals surface area contributed by atoms with Crippen molar-refractivity contribution in [2.75, 3.05) is 20.1 Å². The van der Waals surface area contributed by atoms with Gasteiger partial charge in [0.1, 0.15) is 0 Å². The maximum absolute atomic E-state index is 11.9. The summed E-state index contributed by atoms with van der Waals surface area (Å²) >= 11 is 0. The third-order valence-electron chi connectivity index (χ3n) is 2.13. The summed E-state index contributed by atoms with van der Waals surface area (Å²) < 4.78 is 25.2. The van der Waals surface area contributed by atoms with Gasteiger partial charge < -0.3 is 5.73 Å². The minimum atomic E-state index is -3.33. The van der Waals surface area contributed by atoms with Gasteiger partial charge in [-0.1, -0.05) is 18.2 Å². The molecule has 0 bridgehead atoms. The van der Waals surface area contributed by atoms with E-state index in [9.17, 15) is 8.42 Å². The first-order chi connectivity index (χ1) is 7.09. The molecule has 0 aromatic heterocycles. The fourth-order valence-electron chi connectivity index (χ4n) is 1.21. The Hall–Kier alpha value is -0.910. The molecule has 0 radical (unpaired) electrons. The quantitative estimate of drug-likeness (QED) is 0.805. The first kappa shape index (κ1) is 12.2. The van der Waals surface area contributed by atoms with Crippen LogP contribution in [0.2, 0.25) is 0 Å². The monoisotopic (exact) mass is 228 g/mol. The summed E-state index contributed by atoms with van der Waals surface area (Å²) in [7, 11) is -1.77. The van der Waals surface area contributed by atoms with Gasteiger partial charge in [0.15, 0.2) is 0 Å². The zero-order valence-corrected chi connectivity index (χ0v) is 9.57. The van der Waals surface area contributed by atoms with E-state index in [-0.39, 0.29) is 0 Å². The van der Waals surface area contributed by atoms with Crippen molar-refractivity contribution in [2.45, 2.75) is 11.3 Å². The van der Waals surface area contributed by atoms with E-state index in [1.165, 1.54) is 4.31 Å². The maximum atomic E-state index is 11.9. The van der Waals surface area contributed by atoms with E-state index in [0.29, 0.717) is 24.4 Å². The van der Waals surface area contributed by atoms with Crippen LogP contribution in [0.5, 0.6) is 0 Å². The largest absolute Gasteiger partial charge is 0.330 e.